The predicted octanol–water partition coefficient (Wildman–Crippen LogP) is 3.45. The molecular weight excluding hydrogens is 322 g/mol. The number of carbonyl (C=O) groups is 2. The van der Waals surface area contributed by atoms with Crippen LogP contribution in [0.15, 0.2) is 28.8 Å². The molecule has 5 heteroatoms. The van der Waals surface area contributed by atoms with E-state index in [1.165, 1.54) is 7.11 Å². The number of ether oxygens (including phenoxy) is 1. The number of rotatable bonds is 3. The number of aryl methyl sites for hydroxylation is 1. The highest BCUT2D eigenvalue weighted by Crippen LogP contribution is 2.27. The fourth-order valence-electron chi connectivity index (χ4n) is 2.14. The summed E-state index contributed by atoms with van der Waals surface area (Å²) in [6, 6.07) is 3.44. The third-order valence-corrected chi connectivity index (χ3v) is 4.01. The van der Waals surface area contributed by atoms with E-state index in [0.29, 0.717) is 15.7 Å². The molecule has 106 valence electrons. The molecule has 20 heavy (non-hydrogen) atoms. The van der Waals surface area contributed by atoms with Crippen LogP contribution in [0.5, 0.6) is 0 Å². The first kappa shape index (κ1) is 14.8. The van der Waals surface area contributed by atoms with Gasteiger partial charge in [-0.15, -0.1) is 0 Å². The third kappa shape index (κ3) is 3.10. The van der Waals surface area contributed by atoms with Crippen molar-refractivity contribution in [3.05, 3.63) is 39.9 Å². The van der Waals surface area contributed by atoms with Crippen LogP contribution >= 0.6 is 15.9 Å². The summed E-state index contributed by atoms with van der Waals surface area (Å²) in [6.07, 6.45) is 5.56. The quantitative estimate of drug-likeness (QED) is 0.678. The zero-order chi connectivity index (χ0) is 14.7. The largest absolute Gasteiger partial charge is 0.465 e. The Morgan fingerprint density at radius 3 is 2.55 bits per heavy atom. The molecule has 1 amide bonds. The van der Waals surface area contributed by atoms with Gasteiger partial charge in [-0.1, -0.05) is 12.2 Å². The molecule has 0 heterocycles. The minimum Gasteiger partial charge on any atom is -0.465 e. The number of anilines is 1. The highest BCUT2D eigenvalue weighted by Gasteiger charge is 2.21. The highest BCUT2D eigenvalue weighted by atomic mass is 79.9. The van der Waals surface area contributed by atoms with Crippen LogP contribution in [-0.4, -0.2) is 19.0 Å². The van der Waals surface area contributed by atoms with Crippen LogP contribution in [-0.2, 0) is 9.53 Å². The van der Waals surface area contributed by atoms with Crippen molar-refractivity contribution in [3.8, 4) is 0 Å². The minimum absolute atomic E-state index is 0.0142. The summed E-state index contributed by atoms with van der Waals surface area (Å²) in [5.74, 6) is -0.467. The van der Waals surface area contributed by atoms with Gasteiger partial charge in [0.15, 0.2) is 0 Å². The maximum Gasteiger partial charge on any atom is 0.339 e. The minimum atomic E-state index is -0.435. The lowest BCUT2D eigenvalue weighted by Gasteiger charge is -2.14. The number of nitrogens with one attached hydrogen (secondary N) is 1. The average molecular weight is 338 g/mol. The molecule has 0 radical (unpaired) electrons. The zero-order valence-corrected chi connectivity index (χ0v) is 13.0. The number of benzene rings is 1. The van der Waals surface area contributed by atoms with Gasteiger partial charge >= 0.3 is 5.97 Å². The molecule has 1 N–H and O–H groups in total. The van der Waals surface area contributed by atoms with Crippen molar-refractivity contribution in [2.45, 2.75) is 19.8 Å². The summed E-state index contributed by atoms with van der Waals surface area (Å²) < 4.78 is 5.38. The topological polar surface area (TPSA) is 55.4 Å². The van der Waals surface area contributed by atoms with Crippen LogP contribution in [0, 0.1) is 12.8 Å². The molecule has 0 fully saturated rings. The Morgan fingerprint density at radius 1 is 1.30 bits per heavy atom. The number of halogens is 1. The molecule has 0 bridgehead atoms. The molecule has 0 saturated heterocycles. The number of allylic oxidation sites excluding steroid dienone is 2. The molecule has 2 rings (SSSR count). The van der Waals surface area contributed by atoms with Gasteiger partial charge < -0.3 is 10.1 Å². The standard InChI is InChI=1S/C15H16BrNO3/c1-9-7-12(16)11(15(19)20-2)8-13(9)17-14(18)10-5-3-4-6-10/h3-4,7-8,10H,5-6H2,1-2H3,(H,17,18). The number of amides is 1. The molecule has 0 aromatic heterocycles. The van der Waals surface area contributed by atoms with Gasteiger partial charge in [-0.2, -0.15) is 0 Å². The Morgan fingerprint density at radius 2 is 1.95 bits per heavy atom. The molecule has 4 nitrogen and oxygen atoms in total. The number of methoxy groups -OCH3 is 1. The van der Waals surface area contributed by atoms with Gasteiger partial charge in [0.2, 0.25) is 5.91 Å². The molecular formula is C15H16BrNO3. The van der Waals surface area contributed by atoms with E-state index in [4.69, 9.17) is 4.74 Å². The molecule has 1 aromatic rings. The van der Waals surface area contributed by atoms with Crippen molar-refractivity contribution < 1.29 is 14.3 Å². The van der Waals surface area contributed by atoms with Crippen molar-refractivity contribution >= 4 is 33.5 Å². The monoisotopic (exact) mass is 337 g/mol. The maximum atomic E-state index is 12.1. The van der Waals surface area contributed by atoms with Gasteiger partial charge in [0.25, 0.3) is 0 Å². The van der Waals surface area contributed by atoms with Crippen LogP contribution < -0.4 is 5.32 Å². The first-order valence-electron chi connectivity index (χ1n) is 6.37. The lowest BCUT2D eigenvalue weighted by molar-refractivity contribution is -0.119. The number of hydrogen-bond acceptors (Lipinski definition) is 3. The zero-order valence-electron chi connectivity index (χ0n) is 11.4. The van der Waals surface area contributed by atoms with E-state index in [0.717, 1.165) is 18.4 Å². The second-order valence-corrected chi connectivity index (χ2v) is 5.62. The number of carbonyl (C=O) groups excluding carboxylic acids is 2. The van der Waals surface area contributed by atoms with Crippen molar-refractivity contribution in [2.75, 3.05) is 12.4 Å². The third-order valence-electron chi connectivity index (χ3n) is 3.36. The summed E-state index contributed by atoms with van der Waals surface area (Å²) in [4.78, 5) is 23.8. The van der Waals surface area contributed by atoms with Crippen molar-refractivity contribution in [2.24, 2.45) is 5.92 Å². The van der Waals surface area contributed by atoms with E-state index in [1.54, 1.807) is 12.1 Å². The molecule has 0 atom stereocenters. The fraction of sp³-hybridized carbons (Fsp3) is 0.333. The second-order valence-electron chi connectivity index (χ2n) is 4.77. The van der Waals surface area contributed by atoms with Gasteiger partial charge in [-0.05, 0) is 53.4 Å². The molecule has 1 aliphatic rings. The molecule has 1 aliphatic carbocycles. The molecule has 0 aliphatic heterocycles. The second kappa shape index (κ2) is 6.22. The first-order valence-corrected chi connectivity index (χ1v) is 7.16. The SMILES string of the molecule is COC(=O)c1cc(NC(=O)C2CC=CC2)c(C)cc1Br. The highest BCUT2D eigenvalue weighted by molar-refractivity contribution is 9.10. The normalized spacial score (nSPS) is 14.3. The summed E-state index contributed by atoms with van der Waals surface area (Å²) in [5.41, 5.74) is 1.94. The lowest BCUT2D eigenvalue weighted by atomic mass is 10.1. The predicted molar refractivity (Wildman–Crippen MR) is 80.7 cm³/mol. The Hall–Kier alpha value is -1.62. The lowest BCUT2D eigenvalue weighted by Crippen LogP contribution is -2.21. The molecule has 0 saturated carbocycles. The maximum absolute atomic E-state index is 12.1. The van der Waals surface area contributed by atoms with E-state index in [9.17, 15) is 9.59 Å². The number of esters is 1. The van der Waals surface area contributed by atoms with Crippen molar-refractivity contribution in [3.63, 3.8) is 0 Å². The van der Waals surface area contributed by atoms with Crippen LogP contribution in [0.2, 0.25) is 0 Å². The van der Waals surface area contributed by atoms with Crippen LogP contribution in [0.3, 0.4) is 0 Å². The van der Waals surface area contributed by atoms with Gasteiger partial charge in [0, 0.05) is 16.1 Å². The van der Waals surface area contributed by atoms with Crippen molar-refractivity contribution in [1.29, 1.82) is 0 Å². The van der Waals surface area contributed by atoms with E-state index >= 15 is 0 Å². The van der Waals surface area contributed by atoms with Crippen molar-refractivity contribution in [1.82, 2.24) is 0 Å². The Labute approximate surface area is 126 Å². The summed E-state index contributed by atoms with van der Waals surface area (Å²) >= 11 is 3.33. The van der Waals surface area contributed by atoms with E-state index in [-0.39, 0.29) is 11.8 Å². The summed E-state index contributed by atoms with van der Waals surface area (Å²) in [5, 5.41) is 2.89. The van der Waals surface area contributed by atoms with E-state index in [1.807, 2.05) is 19.1 Å². The molecule has 0 unspecified atom stereocenters. The van der Waals surface area contributed by atoms with Crippen LogP contribution in [0.1, 0.15) is 28.8 Å². The van der Waals surface area contributed by atoms with E-state index in [2.05, 4.69) is 21.2 Å². The van der Waals surface area contributed by atoms with Gasteiger partial charge in [-0.25, -0.2) is 4.79 Å². The fourth-order valence-corrected chi connectivity index (χ4v) is 2.76. The van der Waals surface area contributed by atoms with E-state index < -0.39 is 5.97 Å². The summed E-state index contributed by atoms with van der Waals surface area (Å²) in [7, 11) is 1.33. The van der Waals surface area contributed by atoms with Crippen LogP contribution in [0.4, 0.5) is 5.69 Å². The van der Waals surface area contributed by atoms with Crippen LogP contribution in [0.25, 0.3) is 0 Å². The molecule has 1 aromatic carbocycles. The smallest absolute Gasteiger partial charge is 0.339 e. The van der Waals surface area contributed by atoms with Gasteiger partial charge in [0.05, 0.1) is 12.7 Å². The molecule has 0 spiro atoms. The average Bonchev–Trinajstić information content (AvgIpc) is 2.95. The van der Waals surface area contributed by atoms with Gasteiger partial charge in [0.1, 0.15) is 0 Å². The Bertz CT molecular complexity index is 573. The number of hydrogen-bond donors (Lipinski definition) is 1. The Balaban J connectivity index is 2.22. The Kier molecular flexibility index (Phi) is 4.60. The van der Waals surface area contributed by atoms with Gasteiger partial charge in [-0.3, -0.25) is 4.79 Å². The summed E-state index contributed by atoms with van der Waals surface area (Å²) in [6.45, 7) is 1.88. The first-order chi connectivity index (χ1) is 9.52.